The second-order valence-corrected chi connectivity index (χ2v) is 8.25. The minimum Gasteiger partial charge on any atom is -0.488 e. The fourth-order valence-corrected chi connectivity index (χ4v) is 3.16. The molecule has 0 radical (unpaired) electrons. The molecule has 2 N–H and O–H groups in total. The molecule has 1 atom stereocenters. The van der Waals surface area contributed by atoms with E-state index in [1.807, 2.05) is 30.5 Å². The Balaban J connectivity index is 1.91. The molecule has 6 nitrogen and oxygen atoms in total. The Morgan fingerprint density at radius 1 is 1.04 bits per heavy atom. The number of aromatic amines is 1. The van der Waals surface area contributed by atoms with Crippen LogP contribution in [-0.2, 0) is 9.84 Å². The minimum atomic E-state index is -3.26. The van der Waals surface area contributed by atoms with Gasteiger partial charge in [-0.25, -0.2) is 8.42 Å². The van der Waals surface area contributed by atoms with Gasteiger partial charge in [0.05, 0.1) is 11.5 Å². The van der Waals surface area contributed by atoms with E-state index >= 15 is 0 Å². The average Bonchev–Trinajstić information content (AvgIpc) is 3.16. The highest BCUT2D eigenvalue weighted by Gasteiger charge is 2.11. The summed E-state index contributed by atoms with van der Waals surface area (Å²) in [6.45, 7) is 1.67. The summed E-state index contributed by atoms with van der Waals surface area (Å²) < 4.78 is 34.8. The monoisotopic (exact) mass is 387 g/mol. The predicted molar refractivity (Wildman–Crippen MR) is 103 cm³/mol. The summed E-state index contributed by atoms with van der Waals surface area (Å²) in [7, 11) is -3.26. The number of nitrogens with one attached hydrogen (secondary N) is 1. The van der Waals surface area contributed by atoms with Crippen molar-refractivity contribution in [1.29, 1.82) is 0 Å². The molecule has 1 aromatic heterocycles. The van der Waals surface area contributed by atoms with Crippen molar-refractivity contribution in [3.05, 3.63) is 60.8 Å². The van der Waals surface area contributed by atoms with Gasteiger partial charge in [0.1, 0.15) is 23.4 Å². The van der Waals surface area contributed by atoms with E-state index in [2.05, 4.69) is 4.98 Å². The molecule has 0 aliphatic carbocycles. The van der Waals surface area contributed by atoms with Crippen LogP contribution in [0.25, 0.3) is 11.3 Å². The van der Waals surface area contributed by atoms with Crippen LogP contribution < -0.4 is 9.47 Å². The maximum Gasteiger partial charge on any atom is 0.175 e. The first-order valence-electron chi connectivity index (χ1n) is 8.39. The maximum atomic E-state index is 11.6. The van der Waals surface area contributed by atoms with E-state index in [0.717, 1.165) is 17.5 Å². The molecule has 3 aromatic rings. The van der Waals surface area contributed by atoms with Crippen LogP contribution in [0.5, 0.6) is 17.2 Å². The van der Waals surface area contributed by atoms with Gasteiger partial charge in [-0.15, -0.1) is 0 Å². The van der Waals surface area contributed by atoms with Gasteiger partial charge in [-0.05, 0) is 55.5 Å². The Morgan fingerprint density at radius 3 is 2.33 bits per heavy atom. The zero-order valence-corrected chi connectivity index (χ0v) is 15.9. The van der Waals surface area contributed by atoms with E-state index in [-0.39, 0.29) is 17.6 Å². The lowest BCUT2D eigenvalue weighted by molar-refractivity contribution is 0.129. The van der Waals surface area contributed by atoms with E-state index < -0.39 is 9.84 Å². The smallest absolute Gasteiger partial charge is 0.175 e. The molecule has 0 saturated heterocycles. The third-order valence-corrected chi connectivity index (χ3v) is 5.00. The summed E-state index contributed by atoms with van der Waals surface area (Å²) in [6.07, 6.45) is 2.63. The van der Waals surface area contributed by atoms with Crippen LogP contribution in [0.4, 0.5) is 0 Å². The average molecular weight is 387 g/mol. The number of hydrogen-bond donors (Lipinski definition) is 2. The third kappa shape index (κ3) is 4.90. The normalized spacial score (nSPS) is 12.6. The van der Waals surface area contributed by atoms with E-state index in [1.165, 1.54) is 12.1 Å². The lowest BCUT2D eigenvalue weighted by Gasteiger charge is -2.15. The Hall–Kier alpha value is -2.77. The zero-order chi connectivity index (χ0) is 19.4. The molecule has 0 fully saturated rings. The first-order valence-corrected chi connectivity index (χ1v) is 10.3. The second-order valence-electron chi connectivity index (χ2n) is 6.23. The minimum absolute atomic E-state index is 0.101. The molecule has 0 aliphatic rings. The van der Waals surface area contributed by atoms with E-state index in [0.29, 0.717) is 17.2 Å². The van der Waals surface area contributed by atoms with Crippen molar-refractivity contribution >= 4 is 9.84 Å². The van der Waals surface area contributed by atoms with Crippen molar-refractivity contribution in [3.63, 3.8) is 0 Å². The van der Waals surface area contributed by atoms with Crippen LogP contribution in [0.15, 0.2) is 65.7 Å². The summed E-state index contributed by atoms with van der Waals surface area (Å²) in [6, 6.07) is 15.5. The number of rotatable bonds is 7. The first-order chi connectivity index (χ1) is 12.8. The molecular weight excluding hydrogens is 366 g/mol. The predicted octanol–water partition coefficient (Wildman–Crippen LogP) is 3.64. The van der Waals surface area contributed by atoms with Crippen molar-refractivity contribution in [2.75, 3.05) is 12.9 Å². The quantitative estimate of drug-likeness (QED) is 0.646. The van der Waals surface area contributed by atoms with Gasteiger partial charge in [0, 0.05) is 29.8 Å². The van der Waals surface area contributed by atoms with E-state index in [4.69, 9.17) is 9.47 Å². The number of sulfone groups is 1. The molecule has 3 rings (SSSR count). The Labute approximate surface area is 158 Å². The Morgan fingerprint density at radius 2 is 1.74 bits per heavy atom. The van der Waals surface area contributed by atoms with Crippen LogP contribution in [-0.4, -0.2) is 37.5 Å². The van der Waals surface area contributed by atoms with Crippen LogP contribution in [0.2, 0.25) is 0 Å². The highest BCUT2D eigenvalue weighted by atomic mass is 32.2. The van der Waals surface area contributed by atoms with Gasteiger partial charge < -0.3 is 19.6 Å². The molecule has 0 saturated carbocycles. The summed E-state index contributed by atoms with van der Waals surface area (Å²) in [5, 5.41) is 9.23. The zero-order valence-electron chi connectivity index (χ0n) is 15.0. The summed E-state index contributed by atoms with van der Waals surface area (Å²) in [4.78, 5) is 3.37. The third-order valence-electron chi connectivity index (χ3n) is 3.87. The van der Waals surface area contributed by atoms with Gasteiger partial charge in [0.15, 0.2) is 9.84 Å². The summed E-state index contributed by atoms with van der Waals surface area (Å²) in [5.74, 6) is 1.60. The van der Waals surface area contributed by atoms with Gasteiger partial charge in [0.25, 0.3) is 0 Å². The number of hydrogen-bond acceptors (Lipinski definition) is 5. The topological polar surface area (TPSA) is 88.6 Å². The van der Waals surface area contributed by atoms with Crippen molar-refractivity contribution in [2.24, 2.45) is 0 Å². The van der Waals surface area contributed by atoms with Gasteiger partial charge >= 0.3 is 0 Å². The van der Waals surface area contributed by atoms with Gasteiger partial charge in [-0.3, -0.25) is 0 Å². The fraction of sp³-hybridized carbons (Fsp3) is 0.200. The van der Waals surface area contributed by atoms with Gasteiger partial charge in [0.2, 0.25) is 0 Å². The molecule has 1 heterocycles. The lowest BCUT2D eigenvalue weighted by Crippen LogP contribution is -2.16. The number of H-pyrrole nitrogens is 1. The van der Waals surface area contributed by atoms with Crippen molar-refractivity contribution in [1.82, 2.24) is 4.98 Å². The number of benzene rings is 2. The van der Waals surface area contributed by atoms with Crippen LogP contribution in [0.1, 0.15) is 6.92 Å². The van der Waals surface area contributed by atoms with E-state index in [9.17, 15) is 13.5 Å². The first kappa shape index (κ1) is 19.0. The molecule has 2 aromatic carbocycles. The highest BCUT2D eigenvalue weighted by molar-refractivity contribution is 7.90. The molecule has 0 bridgehead atoms. The molecule has 142 valence electrons. The van der Waals surface area contributed by atoms with Gasteiger partial charge in [-0.1, -0.05) is 0 Å². The van der Waals surface area contributed by atoms with E-state index in [1.54, 1.807) is 25.1 Å². The van der Waals surface area contributed by atoms with Crippen molar-refractivity contribution < 1.29 is 23.0 Å². The summed E-state index contributed by atoms with van der Waals surface area (Å²) in [5.41, 5.74) is 1.76. The standard InChI is InChI=1S/C20H21NO5S/c1-14(13-22)25-17-10-15(20-4-3-9-21-20)11-18(12-17)26-16-5-7-19(8-6-16)27(2,23)24/h3-12,14,21-22H,13H2,1-2H3/t14-/m0/s1. The summed E-state index contributed by atoms with van der Waals surface area (Å²) >= 11 is 0. The Kier molecular flexibility index (Phi) is 5.53. The van der Waals surface area contributed by atoms with Crippen molar-refractivity contribution in [3.8, 4) is 28.5 Å². The van der Waals surface area contributed by atoms with Crippen LogP contribution in [0, 0.1) is 0 Å². The van der Waals surface area contributed by atoms with Crippen LogP contribution >= 0.6 is 0 Å². The number of aliphatic hydroxyl groups excluding tert-OH is 1. The Bertz CT molecular complexity index is 995. The molecular formula is C20H21NO5S. The van der Waals surface area contributed by atoms with Gasteiger partial charge in [-0.2, -0.15) is 0 Å². The molecule has 7 heteroatoms. The fourth-order valence-electron chi connectivity index (χ4n) is 2.52. The van der Waals surface area contributed by atoms with Crippen LogP contribution in [0.3, 0.4) is 0 Å². The number of aromatic nitrogens is 1. The maximum absolute atomic E-state index is 11.6. The molecule has 0 unspecified atom stereocenters. The molecule has 0 aliphatic heterocycles. The lowest BCUT2D eigenvalue weighted by atomic mass is 10.1. The second kappa shape index (κ2) is 7.85. The molecule has 27 heavy (non-hydrogen) atoms. The molecule has 0 spiro atoms. The largest absolute Gasteiger partial charge is 0.488 e. The SMILES string of the molecule is C[C@@H](CO)Oc1cc(Oc2ccc(S(C)(=O)=O)cc2)cc(-c2ccc[nH]2)c1. The number of aliphatic hydroxyl groups is 1. The number of ether oxygens (including phenoxy) is 2. The molecule has 0 amide bonds. The highest BCUT2D eigenvalue weighted by Crippen LogP contribution is 2.32. The van der Waals surface area contributed by atoms with Crippen molar-refractivity contribution in [2.45, 2.75) is 17.9 Å².